The minimum atomic E-state index is -0.0986. The lowest BCUT2D eigenvalue weighted by Crippen LogP contribution is -2.21. The van der Waals surface area contributed by atoms with Crippen molar-refractivity contribution in [3.63, 3.8) is 0 Å². The summed E-state index contributed by atoms with van der Waals surface area (Å²) in [5.41, 5.74) is 0.595. The van der Waals surface area contributed by atoms with E-state index >= 15 is 0 Å². The molecule has 1 aromatic carbocycles. The van der Waals surface area contributed by atoms with Gasteiger partial charge in [0, 0.05) is 19.0 Å². The van der Waals surface area contributed by atoms with E-state index in [0.29, 0.717) is 36.7 Å². The number of amides is 1. The SMILES string of the molecule is COc1ccc(OC)c(NC(=O)CCNCc2ccco2)c1. The van der Waals surface area contributed by atoms with Crippen LogP contribution in [0.25, 0.3) is 0 Å². The normalized spacial score (nSPS) is 10.3. The van der Waals surface area contributed by atoms with Crippen LogP contribution in [-0.4, -0.2) is 26.7 Å². The standard InChI is InChI=1S/C16H20N2O4/c1-20-12-5-6-15(21-2)14(10-12)18-16(19)7-8-17-11-13-4-3-9-22-13/h3-6,9-10,17H,7-8,11H2,1-2H3,(H,18,19). The highest BCUT2D eigenvalue weighted by Gasteiger charge is 2.09. The van der Waals surface area contributed by atoms with Gasteiger partial charge in [0.1, 0.15) is 17.3 Å². The lowest BCUT2D eigenvalue weighted by atomic mass is 10.2. The second-order valence-corrected chi connectivity index (χ2v) is 4.62. The zero-order valence-electron chi connectivity index (χ0n) is 12.7. The summed E-state index contributed by atoms with van der Waals surface area (Å²) in [6.45, 7) is 1.15. The molecule has 0 fully saturated rings. The van der Waals surface area contributed by atoms with E-state index in [1.165, 1.54) is 0 Å². The first-order chi connectivity index (χ1) is 10.7. The van der Waals surface area contributed by atoms with E-state index < -0.39 is 0 Å². The molecule has 0 aliphatic carbocycles. The predicted molar refractivity (Wildman–Crippen MR) is 83.2 cm³/mol. The Balaban J connectivity index is 1.81. The van der Waals surface area contributed by atoms with Gasteiger partial charge in [-0.15, -0.1) is 0 Å². The predicted octanol–water partition coefficient (Wildman–Crippen LogP) is 2.42. The fraction of sp³-hybridized carbons (Fsp3) is 0.312. The highest BCUT2D eigenvalue weighted by atomic mass is 16.5. The number of furan rings is 1. The van der Waals surface area contributed by atoms with Gasteiger partial charge >= 0.3 is 0 Å². The summed E-state index contributed by atoms with van der Waals surface area (Å²) in [5.74, 6) is 2.00. The van der Waals surface area contributed by atoms with Crippen molar-refractivity contribution in [2.24, 2.45) is 0 Å². The van der Waals surface area contributed by atoms with Gasteiger partial charge < -0.3 is 24.5 Å². The number of rotatable bonds is 8. The molecule has 22 heavy (non-hydrogen) atoms. The molecule has 2 rings (SSSR count). The van der Waals surface area contributed by atoms with Crippen LogP contribution in [0.15, 0.2) is 41.0 Å². The van der Waals surface area contributed by atoms with Crippen LogP contribution >= 0.6 is 0 Å². The number of methoxy groups -OCH3 is 2. The Hall–Kier alpha value is -2.47. The van der Waals surface area contributed by atoms with Gasteiger partial charge in [-0.25, -0.2) is 0 Å². The maximum Gasteiger partial charge on any atom is 0.225 e. The third-order valence-corrected chi connectivity index (χ3v) is 3.09. The summed E-state index contributed by atoms with van der Waals surface area (Å²) in [4.78, 5) is 12.0. The van der Waals surface area contributed by atoms with E-state index in [1.807, 2.05) is 12.1 Å². The highest BCUT2D eigenvalue weighted by Crippen LogP contribution is 2.28. The van der Waals surface area contributed by atoms with Crippen LogP contribution in [0, 0.1) is 0 Å². The van der Waals surface area contributed by atoms with Crippen molar-refractivity contribution < 1.29 is 18.7 Å². The molecule has 2 aromatic rings. The Kier molecular flexibility index (Phi) is 5.85. The van der Waals surface area contributed by atoms with E-state index in [2.05, 4.69) is 10.6 Å². The molecule has 0 unspecified atom stereocenters. The van der Waals surface area contributed by atoms with Crippen LogP contribution in [0.4, 0.5) is 5.69 Å². The first-order valence-corrected chi connectivity index (χ1v) is 6.98. The Morgan fingerprint density at radius 1 is 1.23 bits per heavy atom. The summed E-state index contributed by atoms with van der Waals surface area (Å²) < 4.78 is 15.6. The average molecular weight is 304 g/mol. The van der Waals surface area contributed by atoms with E-state index in [0.717, 1.165) is 5.76 Å². The Morgan fingerprint density at radius 3 is 2.77 bits per heavy atom. The number of hydrogen-bond acceptors (Lipinski definition) is 5. The molecule has 0 bridgehead atoms. The molecule has 0 saturated heterocycles. The third kappa shape index (κ3) is 4.53. The van der Waals surface area contributed by atoms with Gasteiger partial charge in [0.15, 0.2) is 0 Å². The average Bonchev–Trinajstić information content (AvgIpc) is 3.05. The van der Waals surface area contributed by atoms with Gasteiger partial charge in [-0.3, -0.25) is 4.79 Å². The smallest absolute Gasteiger partial charge is 0.225 e. The van der Waals surface area contributed by atoms with Crippen LogP contribution in [-0.2, 0) is 11.3 Å². The minimum Gasteiger partial charge on any atom is -0.497 e. The van der Waals surface area contributed by atoms with Gasteiger partial charge in [0.05, 0.1) is 32.7 Å². The molecule has 0 aliphatic heterocycles. The molecule has 0 atom stereocenters. The Labute approximate surface area is 129 Å². The van der Waals surface area contributed by atoms with Crippen LogP contribution in [0.1, 0.15) is 12.2 Å². The number of carbonyl (C=O) groups is 1. The van der Waals surface area contributed by atoms with Crippen LogP contribution < -0.4 is 20.1 Å². The van der Waals surface area contributed by atoms with Crippen molar-refractivity contribution in [1.29, 1.82) is 0 Å². The topological polar surface area (TPSA) is 72.7 Å². The molecule has 0 saturated carbocycles. The van der Waals surface area contributed by atoms with Gasteiger partial charge in [-0.05, 0) is 24.3 Å². The first kappa shape index (κ1) is 15.9. The maximum atomic E-state index is 12.0. The van der Waals surface area contributed by atoms with Crippen molar-refractivity contribution in [3.8, 4) is 11.5 Å². The molecular formula is C16H20N2O4. The molecule has 1 aromatic heterocycles. The monoisotopic (exact) mass is 304 g/mol. The summed E-state index contributed by atoms with van der Waals surface area (Å²) in [6.07, 6.45) is 1.97. The molecule has 1 heterocycles. The molecule has 6 nitrogen and oxygen atoms in total. The second-order valence-electron chi connectivity index (χ2n) is 4.62. The lowest BCUT2D eigenvalue weighted by Gasteiger charge is -2.11. The number of carbonyl (C=O) groups excluding carboxylic acids is 1. The molecule has 6 heteroatoms. The van der Waals surface area contributed by atoms with Crippen LogP contribution in [0.3, 0.4) is 0 Å². The quantitative estimate of drug-likeness (QED) is 0.733. The summed E-state index contributed by atoms with van der Waals surface area (Å²) >= 11 is 0. The van der Waals surface area contributed by atoms with Gasteiger partial charge in [-0.1, -0.05) is 0 Å². The maximum absolute atomic E-state index is 12.0. The fourth-order valence-electron chi connectivity index (χ4n) is 1.95. The molecule has 0 radical (unpaired) electrons. The number of anilines is 1. The Bertz CT molecular complexity index is 596. The van der Waals surface area contributed by atoms with Crippen LogP contribution in [0.2, 0.25) is 0 Å². The Morgan fingerprint density at radius 2 is 2.09 bits per heavy atom. The highest BCUT2D eigenvalue weighted by molar-refractivity contribution is 5.92. The van der Waals surface area contributed by atoms with Crippen molar-refractivity contribution in [1.82, 2.24) is 5.32 Å². The van der Waals surface area contributed by atoms with Gasteiger partial charge in [-0.2, -0.15) is 0 Å². The summed E-state index contributed by atoms with van der Waals surface area (Å²) in [5, 5.41) is 5.97. The van der Waals surface area contributed by atoms with E-state index in [4.69, 9.17) is 13.9 Å². The molecule has 1 amide bonds. The summed E-state index contributed by atoms with van der Waals surface area (Å²) in [6, 6.07) is 8.98. The molecule has 2 N–H and O–H groups in total. The van der Waals surface area contributed by atoms with Gasteiger partial charge in [0.25, 0.3) is 0 Å². The van der Waals surface area contributed by atoms with E-state index in [1.54, 1.807) is 38.7 Å². The van der Waals surface area contributed by atoms with E-state index in [-0.39, 0.29) is 5.91 Å². The van der Waals surface area contributed by atoms with Crippen LogP contribution in [0.5, 0.6) is 11.5 Å². The molecule has 0 spiro atoms. The second kappa shape index (κ2) is 8.09. The lowest BCUT2D eigenvalue weighted by molar-refractivity contribution is -0.116. The number of nitrogens with one attached hydrogen (secondary N) is 2. The van der Waals surface area contributed by atoms with Crippen molar-refractivity contribution >= 4 is 11.6 Å². The number of benzene rings is 1. The zero-order valence-corrected chi connectivity index (χ0v) is 12.7. The van der Waals surface area contributed by atoms with Crippen molar-refractivity contribution in [2.45, 2.75) is 13.0 Å². The number of hydrogen-bond donors (Lipinski definition) is 2. The van der Waals surface area contributed by atoms with E-state index in [9.17, 15) is 4.79 Å². The number of ether oxygens (including phenoxy) is 2. The molecule has 118 valence electrons. The zero-order chi connectivity index (χ0) is 15.8. The fourth-order valence-corrected chi connectivity index (χ4v) is 1.95. The molecule has 0 aliphatic rings. The third-order valence-electron chi connectivity index (χ3n) is 3.09. The van der Waals surface area contributed by atoms with Crippen molar-refractivity contribution in [2.75, 3.05) is 26.1 Å². The minimum absolute atomic E-state index is 0.0986. The molecular weight excluding hydrogens is 284 g/mol. The summed E-state index contributed by atoms with van der Waals surface area (Å²) in [7, 11) is 3.13. The largest absolute Gasteiger partial charge is 0.497 e. The van der Waals surface area contributed by atoms with Gasteiger partial charge in [0.2, 0.25) is 5.91 Å². The first-order valence-electron chi connectivity index (χ1n) is 6.98. The van der Waals surface area contributed by atoms with Crippen molar-refractivity contribution in [3.05, 3.63) is 42.4 Å².